The predicted octanol–water partition coefficient (Wildman–Crippen LogP) is 3.97. The van der Waals surface area contributed by atoms with Gasteiger partial charge in [-0.15, -0.1) is 0 Å². The second-order valence-corrected chi connectivity index (χ2v) is 8.01. The molecule has 4 heteroatoms. The normalized spacial score (nSPS) is 31.0. The first-order valence-corrected chi connectivity index (χ1v) is 9.29. The van der Waals surface area contributed by atoms with Crippen molar-refractivity contribution < 1.29 is 0 Å². The van der Waals surface area contributed by atoms with Gasteiger partial charge in [-0.2, -0.15) is 5.10 Å². The SMILES string of the molecule is Cc1nn(C)c(CC(N)C2CCC3CCCCC3C2)c1Br. The molecule has 118 valence electrons. The first-order valence-electron chi connectivity index (χ1n) is 8.49. The van der Waals surface area contributed by atoms with Gasteiger partial charge in [-0.1, -0.05) is 25.7 Å². The van der Waals surface area contributed by atoms with Gasteiger partial charge in [-0.3, -0.25) is 4.68 Å². The maximum atomic E-state index is 6.59. The number of hydrogen-bond acceptors (Lipinski definition) is 2. The average molecular weight is 354 g/mol. The molecule has 21 heavy (non-hydrogen) atoms. The highest BCUT2D eigenvalue weighted by molar-refractivity contribution is 9.10. The fourth-order valence-electron chi connectivity index (χ4n) is 4.59. The number of aryl methyl sites for hydroxylation is 2. The average Bonchev–Trinajstić information content (AvgIpc) is 2.73. The van der Waals surface area contributed by atoms with E-state index in [1.54, 1.807) is 0 Å². The summed E-state index contributed by atoms with van der Waals surface area (Å²) in [5.41, 5.74) is 8.91. The molecule has 0 amide bonds. The number of hydrogen-bond donors (Lipinski definition) is 1. The Kier molecular flexibility index (Phi) is 4.75. The van der Waals surface area contributed by atoms with Crippen molar-refractivity contribution in [2.45, 2.75) is 64.3 Å². The van der Waals surface area contributed by atoms with Crippen molar-refractivity contribution in [3.05, 3.63) is 15.9 Å². The van der Waals surface area contributed by atoms with Crippen LogP contribution < -0.4 is 5.73 Å². The van der Waals surface area contributed by atoms with Crippen LogP contribution in [0.3, 0.4) is 0 Å². The largest absolute Gasteiger partial charge is 0.327 e. The lowest BCUT2D eigenvalue weighted by atomic mass is 9.66. The highest BCUT2D eigenvalue weighted by Gasteiger charge is 2.34. The third-order valence-electron chi connectivity index (χ3n) is 5.88. The molecule has 1 aromatic heterocycles. The Hall–Kier alpha value is -0.350. The molecule has 0 aromatic carbocycles. The Morgan fingerprint density at radius 1 is 1.24 bits per heavy atom. The minimum atomic E-state index is 0.277. The number of nitrogens with two attached hydrogens (primary N) is 1. The van der Waals surface area contributed by atoms with E-state index < -0.39 is 0 Å². The van der Waals surface area contributed by atoms with Crippen molar-refractivity contribution in [3.63, 3.8) is 0 Å². The van der Waals surface area contributed by atoms with Crippen molar-refractivity contribution >= 4 is 15.9 Å². The number of nitrogens with zero attached hydrogens (tertiary/aromatic N) is 2. The lowest BCUT2D eigenvalue weighted by Gasteiger charge is -2.41. The molecule has 2 aliphatic rings. The lowest BCUT2D eigenvalue weighted by Crippen LogP contribution is -2.39. The number of halogens is 1. The summed E-state index contributed by atoms with van der Waals surface area (Å²) in [5.74, 6) is 2.67. The van der Waals surface area contributed by atoms with E-state index in [0.29, 0.717) is 5.92 Å². The molecular weight excluding hydrogens is 326 g/mol. The number of aromatic nitrogens is 2. The zero-order chi connectivity index (χ0) is 15.0. The van der Waals surface area contributed by atoms with Gasteiger partial charge in [0.05, 0.1) is 15.9 Å². The van der Waals surface area contributed by atoms with Crippen LogP contribution in [0.15, 0.2) is 4.47 Å². The van der Waals surface area contributed by atoms with Gasteiger partial charge < -0.3 is 5.73 Å². The van der Waals surface area contributed by atoms with Crippen LogP contribution in [0.25, 0.3) is 0 Å². The van der Waals surface area contributed by atoms with E-state index in [4.69, 9.17) is 5.73 Å². The Morgan fingerprint density at radius 3 is 2.62 bits per heavy atom. The smallest absolute Gasteiger partial charge is 0.0738 e. The Balaban J connectivity index is 1.64. The molecule has 0 bridgehead atoms. The van der Waals surface area contributed by atoms with E-state index in [1.165, 1.54) is 50.6 Å². The van der Waals surface area contributed by atoms with Crippen molar-refractivity contribution in [1.29, 1.82) is 0 Å². The Morgan fingerprint density at radius 2 is 1.95 bits per heavy atom. The number of rotatable bonds is 3. The van der Waals surface area contributed by atoms with Crippen LogP contribution in [0.5, 0.6) is 0 Å². The summed E-state index contributed by atoms with van der Waals surface area (Å²) in [4.78, 5) is 0. The van der Waals surface area contributed by atoms with Crippen LogP contribution in [-0.2, 0) is 13.5 Å². The summed E-state index contributed by atoms with van der Waals surface area (Å²) in [7, 11) is 2.03. The van der Waals surface area contributed by atoms with Gasteiger partial charge in [0.25, 0.3) is 0 Å². The third-order valence-corrected chi connectivity index (χ3v) is 6.91. The van der Waals surface area contributed by atoms with E-state index in [2.05, 4.69) is 21.0 Å². The second kappa shape index (κ2) is 6.41. The molecule has 1 aromatic rings. The summed E-state index contributed by atoms with van der Waals surface area (Å²) >= 11 is 3.67. The van der Waals surface area contributed by atoms with Gasteiger partial charge in [0.15, 0.2) is 0 Å². The molecule has 2 N–H and O–H groups in total. The zero-order valence-corrected chi connectivity index (χ0v) is 14.9. The van der Waals surface area contributed by atoms with Crippen molar-refractivity contribution in [2.24, 2.45) is 30.5 Å². The summed E-state index contributed by atoms with van der Waals surface area (Å²) < 4.78 is 3.14. The maximum absolute atomic E-state index is 6.59. The van der Waals surface area contributed by atoms with Crippen LogP contribution in [0.4, 0.5) is 0 Å². The first-order chi connectivity index (χ1) is 10.1. The molecule has 1 heterocycles. The molecule has 2 fully saturated rings. The molecule has 3 nitrogen and oxygen atoms in total. The molecule has 3 rings (SSSR count). The second-order valence-electron chi connectivity index (χ2n) is 7.22. The summed E-state index contributed by atoms with van der Waals surface area (Å²) in [6.45, 7) is 2.05. The van der Waals surface area contributed by atoms with Crippen LogP contribution in [0.1, 0.15) is 56.3 Å². The summed E-state index contributed by atoms with van der Waals surface area (Å²) in [6.07, 6.45) is 10.9. The van der Waals surface area contributed by atoms with Crippen LogP contribution in [-0.4, -0.2) is 15.8 Å². The highest BCUT2D eigenvalue weighted by atomic mass is 79.9. The van der Waals surface area contributed by atoms with Crippen LogP contribution >= 0.6 is 15.9 Å². The van der Waals surface area contributed by atoms with E-state index >= 15 is 0 Å². The Bertz CT molecular complexity index is 496. The molecule has 2 saturated carbocycles. The number of fused-ring (bicyclic) bond motifs is 1. The van der Waals surface area contributed by atoms with E-state index in [9.17, 15) is 0 Å². The minimum Gasteiger partial charge on any atom is -0.327 e. The quantitative estimate of drug-likeness (QED) is 0.893. The van der Waals surface area contributed by atoms with Crippen molar-refractivity contribution in [3.8, 4) is 0 Å². The third kappa shape index (κ3) is 3.21. The summed E-state index contributed by atoms with van der Waals surface area (Å²) in [6, 6.07) is 0.277. The molecule has 2 aliphatic carbocycles. The van der Waals surface area contributed by atoms with E-state index in [1.807, 2.05) is 18.7 Å². The molecule has 0 radical (unpaired) electrons. The fraction of sp³-hybridized carbons (Fsp3) is 0.824. The maximum Gasteiger partial charge on any atom is 0.0738 e. The van der Waals surface area contributed by atoms with Gasteiger partial charge in [-0.05, 0) is 59.9 Å². The van der Waals surface area contributed by atoms with Gasteiger partial charge >= 0.3 is 0 Å². The molecule has 4 unspecified atom stereocenters. The fourth-order valence-corrected chi connectivity index (χ4v) is 5.09. The van der Waals surface area contributed by atoms with E-state index in [0.717, 1.165) is 28.4 Å². The van der Waals surface area contributed by atoms with Gasteiger partial charge in [0.2, 0.25) is 0 Å². The highest BCUT2D eigenvalue weighted by Crippen LogP contribution is 2.43. The van der Waals surface area contributed by atoms with Crippen LogP contribution in [0, 0.1) is 24.7 Å². The standard InChI is InChI=1S/C17H28BrN3/c1-11-17(18)16(21(2)20-11)10-15(19)14-8-7-12-5-3-4-6-13(12)9-14/h12-15H,3-10,19H2,1-2H3. The van der Waals surface area contributed by atoms with Crippen LogP contribution in [0.2, 0.25) is 0 Å². The monoisotopic (exact) mass is 353 g/mol. The summed E-state index contributed by atoms with van der Waals surface area (Å²) in [5, 5.41) is 4.49. The first kappa shape index (κ1) is 15.5. The molecule has 4 atom stereocenters. The minimum absolute atomic E-state index is 0.277. The zero-order valence-electron chi connectivity index (χ0n) is 13.3. The Labute approximate surface area is 136 Å². The van der Waals surface area contributed by atoms with Gasteiger partial charge in [0.1, 0.15) is 0 Å². The van der Waals surface area contributed by atoms with Crippen molar-refractivity contribution in [1.82, 2.24) is 9.78 Å². The van der Waals surface area contributed by atoms with Gasteiger partial charge in [0, 0.05) is 19.5 Å². The van der Waals surface area contributed by atoms with Crippen molar-refractivity contribution in [2.75, 3.05) is 0 Å². The lowest BCUT2D eigenvalue weighted by molar-refractivity contribution is 0.117. The molecular formula is C17H28BrN3. The van der Waals surface area contributed by atoms with E-state index in [-0.39, 0.29) is 6.04 Å². The van der Waals surface area contributed by atoms with Gasteiger partial charge in [-0.25, -0.2) is 0 Å². The molecule has 0 aliphatic heterocycles. The topological polar surface area (TPSA) is 43.8 Å². The molecule has 0 saturated heterocycles. The predicted molar refractivity (Wildman–Crippen MR) is 90.1 cm³/mol. The molecule has 0 spiro atoms.